The molecule has 0 spiro atoms. The molecular weight excluding hydrogens is 725 g/mol. The molecule has 0 aliphatic rings. The first-order valence-electron chi connectivity index (χ1n) is 15.3. The SMILES string of the molecule is CS(=O)(=O)c1cncc(COc2nc(OCc3cccc(-c4cccc(-c5ccc(OCCNCCO)cc5)c4Cl)c3Cl)c(Cl)cc2C=O)c1. The summed E-state index contributed by atoms with van der Waals surface area (Å²) >= 11 is 20.3. The molecule has 10 nitrogen and oxygen atoms in total. The van der Waals surface area contributed by atoms with Crippen LogP contribution in [0.1, 0.15) is 21.5 Å². The molecule has 5 aromatic rings. The van der Waals surface area contributed by atoms with Crippen LogP contribution in [0.3, 0.4) is 0 Å². The van der Waals surface area contributed by atoms with Gasteiger partial charge >= 0.3 is 0 Å². The Labute approximate surface area is 304 Å². The first-order valence-corrected chi connectivity index (χ1v) is 18.3. The Morgan fingerprint density at radius 2 is 1.52 bits per heavy atom. The average molecular weight is 757 g/mol. The highest BCUT2D eigenvalue weighted by Crippen LogP contribution is 2.41. The summed E-state index contributed by atoms with van der Waals surface area (Å²) in [7, 11) is -3.47. The van der Waals surface area contributed by atoms with E-state index in [2.05, 4.69) is 15.3 Å². The van der Waals surface area contributed by atoms with Gasteiger partial charge in [-0.25, -0.2) is 8.42 Å². The summed E-state index contributed by atoms with van der Waals surface area (Å²) in [6.07, 6.45) is 4.32. The van der Waals surface area contributed by atoms with E-state index in [9.17, 15) is 13.2 Å². The molecule has 14 heteroatoms. The third-order valence-electron chi connectivity index (χ3n) is 7.37. The zero-order chi connectivity index (χ0) is 35.7. The second-order valence-corrected chi connectivity index (χ2v) is 14.1. The van der Waals surface area contributed by atoms with Crippen LogP contribution in [0.25, 0.3) is 22.3 Å². The van der Waals surface area contributed by atoms with Gasteiger partial charge in [-0.1, -0.05) is 83.3 Å². The number of rotatable bonds is 16. The summed E-state index contributed by atoms with van der Waals surface area (Å²) in [5.74, 6) is 0.668. The number of ether oxygens (including phenoxy) is 3. The van der Waals surface area contributed by atoms with E-state index in [-0.39, 0.29) is 47.1 Å². The van der Waals surface area contributed by atoms with Gasteiger partial charge in [0.2, 0.25) is 11.8 Å². The monoisotopic (exact) mass is 755 g/mol. The first-order chi connectivity index (χ1) is 24.1. The van der Waals surface area contributed by atoms with Gasteiger partial charge in [0.05, 0.1) is 27.1 Å². The summed E-state index contributed by atoms with van der Waals surface area (Å²) in [6.45, 7) is 1.55. The quantitative estimate of drug-likeness (QED) is 0.0792. The molecule has 5 rings (SSSR count). The molecule has 0 aliphatic heterocycles. The number of aliphatic hydroxyl groups is 1. The molecule has 2 N–H and O–H groups in total. The number of benzene rings is 3. The number of sulfone groups is 1. The van der Waals surface area contributed by atoms with Crippen molar-refractivity contribution < 1.29 is 32.5 Å². The summed E-state index contributed by atoms with van der Waals surface area (Å²) in [5.41, 5.74) is 4.30. The highest BCUT2D eigenvalue weighted by molar-refractivity contribution is 7.90. The van der Waals surface area contributed by atoms with Crippen molar-refractivity contribution >= 4 is 50.9 Å². The number of aldehydes is 1. The van der Waals surface area contributed by atoms with Crippen molar-refractivity contribution in [3.05, 3.63) is 117 Å². The Morgan fingerprint density at radius 1 is 0.820 bits per heavy atom. The molecule has 0 fully saturated rings. The van der Waals surface area contributed by atoms with Crippen LogP contribution < -0.4 is 19.5 Å². The van der Waals surface area contributed by atoms with Gasteiger partial charge in [0.25, 0.3) is 0 Å². The van der Waals surface area contributed by atoms with E-state index >= 15 is 0 Å². The van der Waals surface area contributed by atoms with Gasteiger partial charge < -0.3 is 24.6 Å². The Kier molecular flexibility index (Phi) is 12.7. The molecule has 0 atom stereocenters. The van der Waals surface area contributed by atoms with E-state index < -0.39 is 9.84 Å². The zero-order valence-corrected chi connectivity index (χ0v) is 29.8. The second kappa shape index (κ2) is 17.1. The lowest BCUT2D eigenvalue weighted by molar-refractivity contribution is 0.111. The fraction of sp³-hybridized carbons (Fsp3) is 0.194. The third-order valence-corrected chi connectivity index (χ3v) is 9.57. The first kappa shape index (κ1) is 37.0. The predicted molar refractivity (Wildman–Crippen MR) is 193 cm³/mol. The van der Waals surface area contributed by atoms with Crippen molar-refractivity contribution in [1.82, 2.24) is 15.3 Å². The molecule has 0 unspecified atom stereocenters. The normalized spacial score (nSPS) is 11.3. The van der Waals surface area contributed by atoms with Crippen molar-refractivity contribution in [2.45, 2.75) is 18.1 Å². The van der Waals surface area contributed by atoms with Gasteiger partial charge in [-0.15, -0.1) is 0 Å². The highest BCUT2D eigenvalue weighted by atomic mass is 35.5. The number of hydrogen-bond donors (Lipinski definition) is 2. The maximum Gasteiger partial charge on any atom is 0.236 e. The van der Waals surface area contributed by atoms with E-state index in [0.717, 1.165) is 22.9 Å². The molecule has 0 bridgehead atoms. The Balaban J connectivity index is 1.31. The van der Waals surface area contributed by atoms with Crippen LogP contribution in [-0.4, -0.2) is 62.3 Å². The molecule has 50 heavy (non-hydrogen) atoms. The third kappa shape index (κ3) is 9.30. The van der Waals surface area contributed by atoms with Gasteiger partial charge in [0.15, 0.2) is 16.1 Å². The Morgan fingerprint density at radius 3 is 2.24 bits per heavy atom. The summed E-state index contributed by atoms with van der Waals surface area (Å²) in [5, 5.41) is 13.0. The maximum atomic E-state index is 11.9. The number of pyridine rings is 2. The minimum atomic E-state index is -3.47. The Hall–Kier alpha value is -4.23. The van der Waals surface area contributed by atoms with Gasteiger partial charge in [0, 0.05) is 59.6 Å². The molecule has 0 saturated heterocycles. The topological polar surface area (TPSA) is 137 Å². The van der Waals surface area contributed by atoms with Crippen LogP contribution in [0.4, 0.5) is 0 Å². The van der Waals surface area contributed by atoms with Crippen molar-refractivity contribution in [3.63, 3.8) is 0 Å². The molecule has 0 saturated carbocycles. The highest BCUT2D eigenvalue weighted by Gasteiger charge is 2.18. The molecular formula is C36H32Cl3N3O7S. The fourth-order valence-electron chi connectivity index (χ4n) is 4.85. The Bertz CT molecular complexity index is 2080. The number of halogens is 3. The molecule has 2 aromatic heterocycles. The molecule has 2 heterocycles. The van der Waals surface area contributed by atoms with Gasteiger partial charge in [-0.2, -0.15) is 4.98 Å². The van der Waals surface area contributed by atoms with Gasteiger partial charge in [0.1, 0.15) is 30.6 Å². The largest absolute Gasteiger partial charge is 0.492 e. The van der Waals surface area contributed by atoms with E-state index in [1.165, 1.54) is 24.5 Å². The number of carbonyl (C=O) groups is 1. The number of nitrogens with zero attached hydrogens (tertiary/aromatic N) is 2. The standard InChI is InChI=1S/C36H32Cl3N3O7S/c1-50(45,46)28-16-23(18-41-19-28)21-48-35-26(20-44)17-32(37)36(42-35)49-22-25-4-2-6-30(33(25)38)31-7-3-5-29(34(31)39)24-8-10-27(11-9-24)47-15-13-40-12-14-43/h2-11,16-20,40,43H,12-15,21-22H2,1H3. The van der Waals surface area contributed by atoms with Crippen LogP contribution in [0, 0.1) is 0 Å². The zero-order valence-electron chi connectivity index (χ0n) is 26.7. The molecule has 3 aromatic carbocycles. The number of hydrogen-bond acceptors (Lipinski definition) is 10. The lowest BCUT2D eigenvalue weighted by Crippen LogP contribution is -2.23. The van der Waals surface area contributed by atoms with Crippen LogP contribution in [0.15, 0.2) is 90.1 Å². The number of nitrogens with one attached hydrogen (secondary N) is 1. The van der Waals surface area contributed by atoms with Crippen molar-refractivity contribution in [2.24, 2.45) is 0 Å². The average Bonchev–Trinajstić information content (AvgIpc) is 3.11. The van der Waals surface area contributed by atoms with Crippen molar-refractivity contribution in [2.75, 3.05) is 32.6 Å². The summed E-state index contributed by atoms with van der Waals surface area (Å²) in [6, 6.07) is 21.6. The second-order valence-electron chi connectivity index (χ2n) is 11.0. The minimum Gasteiger partial charge on any atom is -0.492 e. The molecule has 0 amide bonds. The van der Waals surface area contributed by atoms with Crippen LogP contribution >= 0.6 is 34.8 Å². The van der Waals surface area contributed by atoms with Crippen LogP contribution in [0.5, 0.6) is 17.5 Å². The van der Waals surface area contributed by atoms with E-state index in [1.54, 1.807) is 6.07 Å². The summed E-state index contributed by atoms with van der Waals surface area (Å²) in [4.78, 5) is 20.1. The lowest BCUT2D eigenvalue weighted by atomic mass is 9.97. The molecule has 260 valence electrons. The molecule has 0 radical (unpaired) electrons. The van der Waals surface area contributed by atoms with Crippen molar-refractivity contribution in [3.8, 4) is 39.8 Å². The number of aromatic nitrogens is 2. The lowest BCUT2D eigenvalue weighted by Gasteiger charge is -2.15. The van der Waals surface area contributed by atoms with Crippen molar-refractivity contribution in [1.29, 1.82) is 0 Å². The summed E-state index contributed by atoms with van der Waals surface area (Å²) < 4.78 is 41.3. The fourth-order valence-corrected chi connectivity index (χ4v) is 6.30. The number of aliphatic hydroxyl groups excluding tert-OH is 1. The van der Waals surface area contributed by atoms with Crippen LogP contribution in [-0.2, 0) is 23.1 Å². The van der Waals surface area contributed by atoms with Gasteiger partial charge in [-0.05, 0) is 29.8 Å². The van der Waals surface area contributed by atoms with E-state index in [0.29, 0.717) is 58.5 Å². The predicted octanol–water partition coefficient (Wildman–Crippen LogP) is 7.11. The van der Waals surface area contributed by atoms with E-state index in [4.69, 9.17) is 54.1 Å². The minimum absolute atomic E-state index is 0.00521. The smallest absolute Gasteiger partial charge is 0.236 e. The van der Waals surface area contributed by atoms with E-state index in [1.807, 2.05) is 54.6 Å². The number of carbonyl (C=O) groups excluding carboxylic acids is 1. The maximum absolute atomic E-state index is 11.9. The van der Waals surface area contributed by atoms with Crippen LogP contribution in [0.2, 0.25) is 15.1 Å². The van der Waals surface area contributed by atoms with Gasteiger partial charge in [-0.3, -0.25) is 9.78 Å². The molecule has 0 aliphatic carbocycles.